The third-order valence-electron chi connectivity index (χ3n) is 7.62. The number of aryl methyl sites for hydroxylation is 1. The molecule has 182 valence electrons. The van der Waals surface area contributed by atoms with E-state index < -0.39 is 0 Å². The molecule has 2 aliphatic rings. The van der Waals surface area contributed by atoms with Gasteiger partial charge in [0.25, 0.3) is 0 Å². The van der Waals surface area contributed by atoms with Gasteiger partial charge in [-0.3, -0.25) is 4.68 Å². The summed E-state index contributed by atoms with van der Waals surface area (Å²) in [4.78, 5) is 6.98. The Labute approximate surface area is 201 Å². The van der Waals surface area contributed by atoms with Crippen molar-refractivity contribution in [1.29, 1.82) is 0 Å². The number of ether oxygens (including phenoxy) is 2. The maximum Gasteiger partial charge on any atom is 0.215 e. The van der Waals surface area contributed by atoms with Crippen molar-refractivity contribution in [3.8, 4) is 22.8 Å². The van der Waals surface area contributed by atoms with Gasteiger partial charge >= 0.3 is 0 Å². The summed E-state index contributed by atoms with van der Waals surface area (Å²) < 4.78 is 15.3. The summed E-state index contributed by atoms with van der Waals surface area (Å²) in [5.74, 6) is 1.29. The highest BCUT2D eigenvalue weighted by molar-refractivity contribution is 5.65. The molecule has 0 saturated carbocycles. The molecule has 0 aliphatic carbocycles. The molecule has 0 N–H and O–H groups in total. The van der Waals surface area contributed by atoms with Crippen molar-refractivity contribution in [2.24, 2.45) is 5.92 Å². The van der Waals surface area contributed by atoms with Crippen LogP contribution in [0.4, 0.5) is 0 Å². The molecule has 8 heteroatoms. The van der Waals surface area contributed by atoms with Crippen molar-refractivity contribution in [1.82, 2.24) is 29.4 Å². The topological polar surface area (TPSA) is 70.2 Å². The molecule has 8 nitrogen and oxygen atoms in total. The summed E-state index contributed by atoms with van der Waals surface area (Å²) in [6.45, 7) is 9.04. The number of rotatable bonds is 5. The van der Waals surface area contributed by atoms with E-state index in [4.69, 9.17) is 19.7 Å². The molecular weight excluding hydrogens is 428 g/mol. The second-order valence-electron chi connectivity index (χ2n) is 9.97. The number of fused-ring (bicyclic) bond motifs is 1. The molecule has 3 aromatic heterocycles. The first-order valence-electron chi connectivity index (χ1n) is 12.4. The summed E-state index contributed by atoms with van der Waals surface area (Å²) in [6, 6.07) is 3.32. The van der Waals surface area contributed by atoms with Gasteiger partial charge in [0.1, 0.15) is 5.69 Å². The lowest BCUT2D eigenvalue weighted by Gasteiger charge is -2.40. The van der Waals surface area contributed by atoms with Crippen LogP contribution in [-0.4, -0.2) is 68.9 Å². The first-order valence-corrected chi connectivity index (χ1v) is 12.4. The molecular formula is C26H36N6O2. The Kier molecular flexibility index (Phi) is 6.44. The van der Waals surface area contributed by atoms with E-state index in [0.717, 1.165) is 41.9 Å². The van der Waals surface area contributed by atoms with Crippen LogP contribution in [0.5, 0.6) is 5.88 Å². The van der Waals surface area contributed by atoms with Crippen LogP contribution >= 0.6 is 0 Å². The molecule has 34 heavy (non-hydrogen) atoms. The molecule has 0 radical (unpaired) electrons. The van der Waals surface area contributed by atoms with Gasteiger partial charge in [-0.25, -0.2) is 9.67 Å². The van der Waals surface area contributed by atoms with Crippen LogP contribution in [0.15, 0.2) is 24.7 Å². The quantitative estimate of drug-likeness (QED) is 0.574. The lowest BCUT2D eigenvalue weighted by atomic mass is 9.87. The number of likely N-dealkylation sites (tertiary alicyclic amines) is 1. The molecule has 0 aromatic carbocycles. The van der Waals surface area contributed by atoms with E-state index in [-0.39, 0.29) is 0 Å². The second kappa shape index (κ2) is 9.50. The van der Waals surface area contributed by atoms with Crippen LogP contribution in [0.2, 0.25) is 0 Å². The molecule has 1 fully saturated rings. The van der Waals surface area contributed by atoms with Crippen LogP contribution in [0.1, 0.15) is 43.5 Å². The first-order chi connectivity index (χ1) is 16.4. The van der Waals surface area contributed by atoms with E-state index in [1.165, 1.54) is 24.1 Å². The minimum absolute atomic E-state index is 0.606. The van der Waals surface area contributed by atoms with Gasteiger partial charge < -0.3 is 14.4 Å². The smallest absolute Gasteiger partial charge is 0.215 e. The number of nitrogens with zero attached hydrogens (tertiary/aromatic N) is 6. The summed E-state index contributed by atoms with van der Waals surface area (Å²) >= 11 is 0. The highest BCUT2D eigenvalue weighted by Gasteiger charge is 2.29. The fourth-order valence-corrected chi connectivity index (χ4v) is 5.60. The maximum absolute atomic E-state index is 5.81. The lowest BCUT2D eigenvalue weighted by molar-refractivity contribution is 0.0892. The van der Waals surface area contributed by atoms with Gasteiger partial charge in [-0.05, 0) is 59.1 Å². The Morgan fingerprint density at radius 2 is 1.88 bits per heavy atom. The lowest BCUT2D eigenvalue weighted by Crippen LogP contribution is -2.44. The standard InChI is InChI=1S/C26H36N6O2/c1-17-10-21(13-27-26(17)33-5)25-23-6-8-34-9-7-24(23)32(29-25)22-14-28-31(16-22)15-20-11-18(2)30(4)19(3)12-20/h10,13-14,16,18-20H,6-9,11-12,15H2,1-5H3/t18-,19+,20?. The molecule has 0 bridgehead atoms. The Hall–Kier alpha value is -2.71. The average Bonchev–Trinajstić information content (AvgIpc) is 3.34. The van der Waals surface area contributed by atoms with Gasteiger partial charge in [0, 0.05) is 47.9 Å². The van der Waals surface area contributed by atoms with E-state index >= 15 is 0 Å². The zero-order valence-corrected chi connectivity index (χ0v) is 21.0. The van der Waals surface area contributed by atoms with Crippen molar-refractivity contribution in [3.63, 3.8) is 0 Å². The molecule has 1 unspecified atom stereocenters. The van der Waals surface area contributed by atoms with E-state index in [9.17, 15) is 0 Å². The zero-order chi connectivity index (χ0) is 23.8. The van der Waals surface area contributed by atoms with Crippen LogP contribution in [0.3, 0.4) is 0 Å². The van der Waals surface area contributed by atoms with E-state index in [1.54, 1.807) is 7.11 Å². The summed E-state index contributed by atoms with van der Waals surface area (Å²) in [6.07, 6.45) is 10.0. The van der Waals surface area contributed by atoms with Gasteiger partial charge in [-0.1, -0.05) is 0 Å². The summed E-state index contributed by atoms with van der Waals surface area (Å²) in [5, 5.41) is 9.81. The largest absolute Gasteiger partial charge is 0.481 e. The van der Waals surface area contributed by atoms with Crippen LogP contribution in [0.25, 0.3) is 16.9 Å². The maximum atomic E-state index is 5.81. The van der Waals surface area contributed by atoms with E-state index in [1.807, 2.05) is 19.3 Å². The SMILES string of the molecule is COc1ncc(-c2nn(-c3cnn(CC4C[C@@H](C)N(C)[C@@H](C)C4)c3)c3c2CCOCC3)cc1C. The number of piperidine rings is 1. The van der Waals surface area contributed by atoms with Gasteiger partial charge in [0.15, 0.2) is 0 Å². The van der Waals surface area contributed by atoms with Crippen LogP contribution < -0.4 is 4.74 Å². The Morgan fingerprint density at radius 3 is 2.62 bits per heavy atom. The molecule has 0 spiro atoms. The predicted molar refractivity (Wildman–Crippen MR) is 132 cm³/mol. The minimum Gasteiger partial charge on any atom is -0.481 e. The normalized spacial score (nSPS) is 23.5. The fraction of sp³-hybridized carbons (Fsp3) is 0.577. The van der Waals surface area contributed by atoms with Crippen LogP contribution in [-0.2, 0) is 24.1 Å². The Morgan fingerprint density at radius 1 is 1.12 bits per heavy atom. The zero-order valence-electron chi connectivity index (χ0n) is 21.0. The number of methoxy groups -OCH3 is 1. The minimum atomic E-state index is 0.606. The number of hydrogen-bond donors (Lipinski definition) is 0. The number of hydrogen-bond acceptors (Lipinski definition) is 6. The highest BCUT2D eigenvalue weighted by atomic mass is 16.5. The molecule has 1 saturated heterocycles. The molecule has 3 atom stereocenters. The molecule has 5 heterocycles. The molecule has 0 amide bonds. The second-order valence-corrected chi connectivity index (χ2v) is 9.97. The monoisotopic (exact) mass is 464 g/mol. The van der Waals surface area contributed by atoms with E-state index in [2.05, 4.69) is 52.4 Å². The van der Waals surface area contributed by atoms with Gasteiger partial charge in [0.05, 0.1) is 44.1 Å². The first kappa shape index (κ1) is 23.1. The highest BCUT2D eigenvalue weighted by Crippen LogP contribution is 2.32. The van der Waals surface area contributed by atoms with Crippen molar-refractivity contribution >= 4 is 0 Å². The summed E-state index contributed by atoms with van der Waals surface area (Å²) in [5.41, 5.74) is 6.46. The van der Waals surface area contributed by atoms with Gasteiger partial charge in [0.2, 0.25) is 5.88 Å². The van der Waals surface area contributed by atoms with Gasteiger partial charge in [-0.15, -0.1) is 0 Å². The summed E-state index contributed by atoms with van der Waals surface area (Å²) in [7, 11) is 3.89. The third-order valence-corrected chi connectivity index (χ3v) is 7.62. The van der Waals surface area contributed by atoms with Crippen LogP contribution in [0, 0.1) is 12.8 Å². The molecule has 2 aliphatic heterocycles. The van der Waals surface area contributed by atoms with Crippen molar-refractivity contribution in [2.75, 3.05) is 27.4 Å². The Balaban J connectivity index is 1.45. The van der Waals surface area contributed by atoms with E-state index in [0.29, 0.717) is 37.1 Å². The Bertz CT molecular complexity index is 1140. The van der Waals surface area contributed by atoms with Gasteiger partial charge in [-0.2, -0.15) is 10.2 Å². The fourth-order valence-electron chi connectivity index (χ4n) is 5.60. The van der Waals surface area contributed by atoms with Crippen molar-refractivity contribution in [3.05, 3.63) is 41.5 Å². The van der Waals surface area contributed by atoms with Crippen molar-refractivity contribution < 1.29 is 9.47 Å². The number of pyridine rings is 1. The average molecular weight is 465 g/mol. The van der Waals surface area contributed by atoms with Crippen molar-refractivity contribution in [2.45, 2.75) is 65.1 Å². The number of aromatic nitrogens is 5. The predicted octanol–water partition coefficient (Wildman–Crippen LogP) is 3.68. The molecule has 3 aromatic rings. The molecule has 5 rings (SSSR count). The third kappa shape index (κ3) is 4.36.